The van der Waals surface area contributed by atoms with Crippen LogP contribution in [0.3, 0.4) is 0 Å². The van der Waals surface area contributed by atoms with Crippen molar-refractivity contribution in [3.05, 3.63) is 53.3 Å². The van der Waals surface area contributed by atoms with E-state index in [0.717, 1.165) is 29.0 Å². The average Bonchev–Trinajstić information content (AvgIpc) is 2.93. The largest absolute Gasteiger partial charge is 0.497 e. The van der Waals surface area contributed by atoms with Crippen molar-refractivity contribution >= 4 is 11.6 Å². The second kappa shape index (κ2) is 5.90. The minimum Gasteiger partial charge on any atom is -0.497 e. The quantitative estimate of drug-likeness (QED) is 0.813. The summed E-state index contributed by atoms with van der Waals surface area (Å²) in [6.07, 6.45) is 4.46. The summed E-state index contributed by atoms with van der Waals surface area (Å²) in [5.41, 5.74) is 3.10. The number of nitriles is 1. The topological polar surface area (TPSA) is 55.1 Å². The van der Waals surface area contributed by atoms with Crippen LogP contribution in [0.25, 0.3) is 11.6 Å². The van der Waals surface area contributed by atoms with E-state index < -0.39 is 0 Å². The van der Waals surface area contributed by atoms with Crippen LogP contribution in [-0.2, 0) is 6.42 Å². The molecule has 4 nitrogen and oxygen atoms in total. The zero-order valence-electron chi connectivity index (χ0n) is 12.5. The lowest BCUT2D eigenvalue weighted by Gasteiger charge is -2.09. The van der Waals surface area contributed by atoms with E-state index in [0.29, 0.717) is 11.3 Å². The predicted molar refractivity (Wildman–Crippen MR) is 84.5 cm³/mol. The molecule has 1 unspecified atom stereocenters. The molecule has 1 aliphatic heterocycles. The summed E-state index contributed by atoms with van der Waals surface area (Å²) in [4.78, 5) is 4.23. The SMILES string of the molecule is COc1cc(/C=C(\C#N)c2ccccn2)c2c(c1)CC(C)O2. The molecule has 0 amide bonds. The van der Waals surface area contributed by atoms with Crippen LogP contribution in [0.4, 0.5) is 0 Å². The standard InChI is InChI=1S/C18H16N2O2/c1-12-7-13-9-16(21-2)10-14(18(13)22-12)8-15(11-19)17-5-3-4-6-20-17/h3-6,8-10,12H,7H2,1-2H3/b15-8+. The first-order valence-corrected chi connectivity index (χ1v) is 7.12. The molecule has 0 N–H and O–H groups in total. The minimum absolute atomic E-state index is 0.134. The van der Waals surface area contributed by atoms with Gasteiger partial charge < -0.3 is 9.47 Å². The minimum atomic E-state index is 0.134. The highest BCUT2D eigenvalue weighted by Gasteiger charge is 2.23. The maximum atomic E-state index is 9.44. The highest BCUT2D eigenvalue weighted by atomic mass is 16.5. The number of nitrogens with zero attached hydrogens (tertiary/aromatic N) is 2. The predicted octanol–water partition coefficient (Wildman–Crippen LogP) is 3.48. The highest BCUT2D eigenvalue weighted by molar-refractivity contribution is 5.90. The van der Waals surface area contributed by atoms with E-state index in [1.54, 1.807) is 13.3 Å². The van der Waals surface area contributed by atoms with Gasteiger partial charge in [0.25, 0.3) is 0 Å². The fraction of sp³-hybridized carbons (Fsp3) is 0.222. The van der Waals surface area contributed by atoms with E-state index in [4.69, 9.17) is 9.47 Å². The third kappa shape index (κ3) is 2.66. The Balaban J connectivity index is 2.10. The summed E-state index contributed by atoms with van der Waals surface area (Å²) in [6, 6.07) is 11.6. The number of ether oxygens (including phenoxy) is 2. The summed E-state index contributed by atoms with van der Waals surface area (Å²) in [7, 11) is 1.64. The van der Waals surface area contributed by atoms with Gasteiger partial charge in [0.05, 0.1) is 18.4 Å². The van der Waals surface area contributed by atoms with Crippen molar-refractivity contribution in [2.24, 2.45) is 0 Å². The molecular formula is C18H16N2O2. The molecule has 3 rings (SSSR count). The molecule has 0 saturated heterocycles. The molecule has 0 fully saturated rings. The van der Waals surface area contributed by atoms with Crippen molar-refractivity contribution in [1.82, 2.24) is 4.98 Å². The summed E-state index contributed by atoms with van der Waals surface area (Å²) >= 11 is 0. The highest BCUT2D eigenvalue weighted by Crippen LogP contribution is 2.37. The lowest BCUT2D eigenvalue weighted by Crippen LogP contribution is -2.05. The van der Waals surface area contributed by atoms with Gasteiger partial charge in [-0.25, -0.2) is 0 Å². The van der Waals surface area contributed by atoms with E-state index in [1.165, 1.54) is 0 Å². The van der Waals surface area contributed by atoms with Gasteiger partial charge in [-0.2, -0.15) is 5.26 Å². The van der Waals surface area contributed by atoms with Crippen molar-refractivity contribution in [2.45, 2.75) is 19.4 Å². The number of allylic oxidation sites excluding steroid dienone is 1. The summed E-state index contributed by atoms with van der Waals surface area (Å²) in [5, 5.41) is 9.44. The van der Waals surface area contributed by atoms with Crippen molar-refractivity contribution in [1.29, 1.82) is 5.26 Å². The molecule has 2 heterocycles. The van der Waals surface area contributed by atoms with Gasteiger partial charge in [-0.3, -0.25) is 4.98 Å². The molecule has 2 aromatic rings. The second-order valence-corrected chi connectivity index (χ2v) is 5.22. The summed E-state index contributed by atoms with van der Waals surface area (Å²) < 4.78 is 11.2. The molecule has 1 aromatic carbocycles. The number of hydrogen-bond acceptors (Lipinski definition) is 4. The number of hydrogen-bond donors (Lipinski definition) is 0. The Morgan fingerprint density at radius 2 is 2.32 bits per heavy atom. The molecule has 0 aliphatic carbocycles. The average molecular weight is 292 g/mol. The lowest BCUT2D eigenvalue weighted by molar-refractivity contribution is 0.254. The van der Waals surface area contributed by atoms with Gasteiger partial charge in [0.1, 0.15) is 23.7 Å². The van der Waals surface area contributed by atoms with E-state index in [9.17, 15) is 5.26 Å². The maximum absolute atomic E-state index is 9.44. The number of rotatable bonds is 3. The van der Waals surface area contributed by atoms with Gasteiger partial charge in [-0.15, -0.1) is 0 Å². The molecule has 4 heteroatoms. The van der Waals surface area contributed by atoms with Gasteiger partial charge in [0.15, 0.2) is 0 Å². The smallest absolute Gasteiger partial charge is 0.130 e. The van der Waals surface area contributed by atoms with E-state index in [1.807, 2.05) is 43.3 Å². The monoisotopic (exact) mass is 292 g/mol. The molecule has 1 aliphatic rings. The Morgan fingerprint density at radius 1 is 1.45 bits per heavy atom. The Morgan fingerprint density at radius 3 is 3.00 bits per heavy atom. The molecule has 0 radical (unpaired) electrons. The third-order valence-corrected chi connectivity index (χ3v) is 3.59. The lowest BCUT2D eigenvalue weighted by atomic mass is 10.0. The molecule has 1 aromatic heterocycles. The number of fused-ring (bicyclic) bond motifs is 1. The summed E-state index contributed by atoms with van der Waals surface area (Å²) in [5.74, 6) is 1.60. The van der Waals surface area contributed by atoms with Crippen molar-refractivity contribution in [3.8, 4) is 17.6 Å². The van der Waals surface area contributed by atoms with E-state index in [2.05, 4.69) is 11.1 Å². The van der Waals surface area contributed by atoms with E-state index in [-0.39, 0.29) is 6.10 Å². The van der Waals surface area contributed by atoms with Gasteiger partial charge >= 0.3 is 0 Å². The first kappa shape index (κ1) is 14.2. The number of benzene rings is 1. The van der Waals surface area contributed by atoms with Gasteiger partial charge in [-0.1, -0.05) is 6.07 Å². The molecule has 1 atom stereocenters. The normalized spacial score (nSPS) is 16.6. The fourth-order valence-corrected chi connectivity index (χ4v) is 2.60. The fourth-order valence-electron chi connectivity index (χ4n) is 2.60. The molecule has 110 valence electrons. The molecule has 0 bridgehead atoms. The third-order valence-electron chi connectivity index (χ3n) is 3.59. The Kier molecular flexibility index (Phi) is 3.80. The number of aromatic nitrogens is 1. The van der Waals surface area contributed by atoms with Crippen LogP contribution in [0.1, 0.15) is 23.7 Å². The second-order valence-electron chi connectivity index (χ2n) is 5.22. The van der Waals surface area contributed by atoms with Crippen LogP contribution in [0, 0.1) is 11.3 Å². The van der Waals surface area contributed by atoms with Crippen LogP contribution in [0.5, 0.6) is 11.5 Å². The van der Waals surface area contributed by atoms with Crippen LogP contribution in [0.15, 0.2) is 36.5 Å². The first-order chi connectivity index (χ1) is 10.7. The number of methoxy groups -OCH3 is 1. The van der Waals surface area contributed by atoms with Gasteiger partial charge in [0, 0.05) is 23.7 Å². The Hall–Kier alpha value is -2.80. The zero-order chi connectivity index (χ0) is 15.5. The number of pyridine rings is 1. The molecule has 22 heavy (non-hydrogen) atoms. The molecule has 0 spiro atoms. The van der Waals surface area contributed by atoms with Crippen LogP contribution < -0.4 is 9.47 Å². The molecule has 0 saturated carbocycles. The van der Waals surface area contributed by atoms with Crippen molar-refractivity contribution in [3.63, 3.8) is 0 Å². The molecular weight excluding hydrogens is 276 g/mol. The Bertz CT molecular complexity index is 761. The van der Waals surface area contributed by atoms with E-state index >= 15 is 0 Å². The Labute approximate surface area is 129 Å². The van der Waals surface area contributed by atoms with Crippen LogP contribution in [-0.4, -0.2) is 18.2 Å². The zero-order valence-corrected chi connectivity index (χ0v) is 12.5. The first-order valence-electron chi connectivity index (χ1n) is 7.12. The van der Waals surface area contributed by atoms with Crippen molar-refractivity contribution in [2.75, 3.05) is 7.11 Å². The van der Waals surface area contributed by atoms with Crippen LogP contribution in [0.2, 0.25) is 0 Å². The maximum Gasteiger partial charge on any atom is 0.130 e. The van der Waals surface area contributed by atoms with Gasteiger partial charge in [0.2, 0.25) is 0 Å². The summed E-state index contributed by atoms with van der Waals surface area (Å²) in [6.45, 7) is 2.03. The van der Waals surface area contributed by atoms with Crippen LogP contribution >= 0.6 is 0 Å². The van der Waals surface area contributed by atoms with Gasteiger partial charge in [-0.05, 0) is 37.3 Å². The van der Waals surface area contributed by atoms with Crippen molar-refractivity contribution < 1.29 is 9.47 Å².